The Bertz CT molecular complexity index is 623. The number of hydrogen-bond donors (Lipinski definition) is 3. The zero-order valence-electron chi connectivity index (χ0n) is 11.7. The molecule has 2 aromatic rings. The van der Waals surface area contributed by atoms with Crippen LogP contribution >= 0.6 is 11.3 Å². The summed E-state index contributed by atoms with van der Waals surface area (Å²) in [5.41, 5.74) is 7.77. The molecule has 0 saturated heterocycles. The molecule has 0 aliphatic heterocycles. The molecule has 0 fully saturated rings. The molecule has 0 spiro atoms. The van der Waals surface area contributed by atoms with Gasteiger partial charge in [0.2, 0.25) is 0 Å². The quantitative estimate of drug-likeness (QED) is 0.807. The highest BCUT2D eigenvalue weighted by Crippen LogP contribution is 2.28. The highest BCUT2D eigenvalue weighted by molar-refractivity contribution is 7.11. The van der Waals surface area contributed by atoms with E-state index in [1.165, 1.54) is 4.88 Å². The molecule has 1 atom stereocenters. The number of nitrogens with one attached hydrogen (secondary N) is 2. The van der Waals surface area contributed by atoms with Crippen LogP contribution in [0.1, 0.15) is 28.5 Å². The van der Waals surface area contributed by atoms with Crippen molar-refractivity contribution in [1.29, 1.82) is 0 Å². The minimum atomic E-state index is -0.566. The van der Waals surface area contributed by atoms with Gasteiger partial charge in [0.05, 0.1) is 16.7 Å². The largest absolute Gasteiger partial charge is 0.378 e. The van der Waals surface area contributed by atoms with Crippen LogP contribution in [0.3, 0.4) is 0 Å². The Morgan fingerprint density at radius 3 is 2.65 bits per heavy atom. The van der Waals surface area contributed by atoms with Crippen molar-refractivity contribution in [1.82, 2.24) is 4.98 Å². The number of benzene rings is 1. The molecule has 20 heavy (non-hydrogen) atoms. The van der Waals surface area contributed by atoms with Crippen LogP contribution in [0.2, 0.25) is 0 Å². The van der Waals surface area contributed by atoms with Gasteiger partial charge in [0.15, 0.2) is 0 Å². The molecule has 0 aliphatic carbocycles. The molecular formula is C14H18N4OS. The SMILES string of the molecule is Cc1nc(C)c(C(C)Nc2cccc(NC(N)=O)c2)s1. The number of amides is 2. The average molecular weight is 290 g/mol. The van der Waals surface area contributed by atoms with Crippen molar-refractivity contribution in [3.05, 3.63) is 39.8 Å². The number of thiazole rings is 1. The number of nitrogens with two attached hydrogens (primary N) is 1. The van der Waals surface area contributed by atoms with Gasteiger partial charge in [-0.25, -0.2) is 9.78 Å². The monoisotopic (exact) mass is 290 g/mol. The molecule has 0 bridgehead atoms. The van der Waals surface area contributed by atoms with Gasteiger partial charge >= 0.3 is 6.03 Å². The van der Waals surface area contributed by atoms with E-state index in [1.807, 2.05) is 32.0 Å². The van der Waals surface area contributed by atoms with Gasteiger partial charge in [-0.2, -0.15) is 0 Å². The van der Waals surface area contributed by atoms with Crippen LogP contribution in [0.25, 0.3) is 0 Å². The molecule has 2 amide bonds. The molecular weight excluding hydrogens is 272 g/mol. The fourth-order valence-corrected chi connectivity index (χ4v) is 3.02. The van der Waals surface area contributed by atoms with Crippen molar-refractivity contribution in [2.45, 2.75) is 26.8 Å². The first kappa shape index (κ1) is 14.3. The van der Waals surface area contributed by atoms with Crippen molar-refractivity contribution >= 4 is 28.7 Å². The first-order chi connectivity index (χ1) is 9.45. The van der Waals surface area contributed by atoms with E-state index in [-0.39, 0.29) is 6.04 Å². The molecule has 0 radical (unpaired) electrons. The fraction of sp³-hybridized carbons (Fsp3) is 0.286. The molecule has 1 heterocycles. The third kappa shape index (κ3) is 3.48. The Labute approximate surface area is 122 Å². The molecule has 5 nitrogen and oxygen atoms in total. The lowest BCUT2D eigenvalue weighted by atomic mass is 10.2. The van der Waals surface area contributed by atoms with E-state index in [1.54, 1.807) is 17.4 Å². The summed E-state index contributed by atoms with van der Waals surface area (Å²) in [5, 5.41) is 7.03. The Morgan fingerprint density at radius 1 is 1.35 bits per heavy atom. The van der Waals surface area contributed by atoms with Crippen molar-refractivity contribution in [2.75, 3.05) is 10.6 Å². The summed E-state index contributed by atoms with van der Waals surface area (Å²) in [4.78, 5) is 16.5. The summed E-state index contributed by atoms with van der Waals surface area (Å²) in [6.45, 7) is 6.11. The number of nitrogens with zero attached hydrogens (tertiary/aromatic N) is 1. The van der Waals surface area contributed by atoms with E-state index in [9.17, 15) is 4.79 Å². The van der Waals surface area contributed by atoms with E-state index >= 15 is 0 Å². The highest BCUT2D eigenvalue weighted by atomic mass is 32.1. The summed E-state index contributed by atoms with van der Waals surface area (Å²) < 4.78 is 0. The van der Waals surface area contributed by atoms with Crippen LogP contribution in [0.4, 0.5) is 16.2 Å². The van der Waals surface area contributed by atoms with Crippen LogP contribution < -0.4 is 16.4 Å². The second kappa shape index (κ2) is 5.92. The number of anilines is 2. The van der Waals surface area contributed by atoms with Gasteiger partial charge in [-0.15, -0.1) is 11.3 Å². The average Bonchev–Trinajstić information content (AvgIpc) is 2.68. The maximum atomic E-state index is 10.9. The maximum Gasteiger partial charge on any atom is 0.316 e. The summed E-state index contributed by atoms with van der Waals surface area (Å²) in [6, 6.07) is 7.05. The van der Waals surface area contributed by atoms with Crippen LogP contribution in [-0.4, -0.2) is 11.0 Å². The Hall–Kier alpha value is -2.08. The minimum Gasteiger partial charge on any atom is -0.378 e. The molecule has 1 aromatic carbocycles. The lowest BCUT2D eigenvalue weighted by Gasteiger charge is -2.15. The second-order valence-corrected chi connectivity index (χ2v) is 5.85. The number of urea groups is 1. The van der Waals surface area contributed by atoms with Gasteiger partial charge < -0.3 is 16.4 Å². The molecule has 0 saturated carbocycles. The van der Waals surface area contributed by atoms with E-state index in [0.717, 1.165) is 16.4 Å². The number of primary amides is 1. The zero-order valence-corrected chi connectivity index (χ0v) is 12.5. The first-order valence-electron chi connectivity index (χ1n) is 6.32. The van der Waals surface area contributed by atoms with E-state index < -0.39 is 6.03 Å². The lowest BCUT2D eigenvalue weighted by Crippen LogP contribution is -2.19. The van der Waals surface area contributed by atoms with Crippen molar-refractivity contribution in [3.63, 3.8) is 0 Å². The number of aromatic nitrogens is 1. The van der Waals surface area contributed by atoms with Crippen molar-refractivity contribution in [3.8, 4) is 0 Å². The predicted molar refractivity (Wildman–Crippen MR) is 83.3 cm³/mol. The molecule has 1 unspecified atom stereocenters. The summed E-state index contributed by atoms with van der Waals surface area (Å²) in [6.07, 6.45) is 0. The van der Waals surface area contributed by atoms with Crippen LogP contribution in [0.15, 0.2) is 24.3 Å². The predicted octanol–water partition coefficient (Wildman–Crippen LogP) is 3.42. The Morgan fingerprint density at radius 2 is 2.05 bits per heavy atom. The summed E-state index contributed by atoms with van der Waals surface area (Å²) in [7, 11) is 0. The molecule has 4 N–H and O–H groups in total. The topological polar surface area (TPSA) is 80.0 Å². The van der Waals surface area contributed by atoms with Gasteiger partial charge in [-0.3, -0.25) is 0 Å². The number of aryl methyl sites for hydroxylation is 2. The van der Waals surface area contributed by atoms with E-state index in [0.29, 0.717) is 5.69 Å². The van der Waals surface area contributed by atoms with Gasteiger partial charge in [-0.1, -0.05) is 6.07 Å². The fourth-order valence-electron chi connectivity index (χ4n) is 2.09. The van der Waals surface area contributed by atoms with Gasteiger partial charge in [0.1, 0.15) is 0 Å². The summed E-state index contributed by atoms with van der Waals surface area (Å²) >= 11 is 1.69. The Kier molecular flexibility index (Phi) is 4.24. The molecule has 6 heteroatoms. The zero-order chi connectivity index (χ0) is 14.7. The third-order valence-electron chi connectivity index (χ3n) is 2.85. The number of rotatable bonds is 4. The minimum absolute atomic E-state index is 0.157. The van der Waals surface area contributed by atoms with Crippen molar-refractivity contribution < 1.29 is 4.79 Å². The molecule has 1 aromatic heterocycles. The van der Waals surface area contributed by atoms with Crippen LogP contribution in [0.5, 0.6) is 0 Å². The highest BCUT2D eigenvalue weighted by Gasteiger charge is 2.12. The lowest BCUT2D eigenvalue weighted by molar-refractivity contribution is 0.259. The Balaban J connectivity index is 2.13. The molecule has 0 aliphatic rings. The maximum absolute atomic E-state index is 10.9. The van der Waals surface area contributed by atoms with Crippen molar-refractivity contribution in [2.24, 2.45) is 5.73 Å². The van der Waals surface area contributed by atoms with Crippen LogP contribution in [0, 0.1) is 13.8 Å². The van der Waals surface area contributed by atoms with Gasteiger partial charge in [-0.05, 0) is 39.0 Å². The second-order valence-electron chi connectivity index (χ2n) is 4.62. The number of carbonyl (C=O) groups excluding carboxylic acids is 1. The first-order valence-corrected chi connectivity index (χ1v) is 7.14. The van der Waals surface area contributed by atoms with E-state index in [2.05, 4.69) is 22.5 Å². The van der Waals surface area contributed by atoms with Gasteiger partial charge in [0, 0.05) is 16.3 Å². The standard InChI is InChI=1S/C14H18N4OS/c1-8-13(20-10(3)16-8)9(2)17-11-5-4-6-12(7-11)18-14(15)19/h4-7,9,17H,1-3H3,(H3,15,18,19). The molecule has 106 valence electrons. The van der Waals surface area contributed by atoms with Gasteiger partial charge in [0.25, 0.3) is 0 Å². The smallest absolute Gasteiger partial charge is 0.316 e. The number of hydrogen-bond acceptors (Lipinski definition) is 4. The third-order valence-corrected chi connectivity index (χ3v) is 4.10. The number of carbonyl (C=O) groups is 1. The van der Waals surface area contributed by atoms with Crippen LogP contribution in [-0.2, 0) is 0 Å². The normalized spacial score (nSPS) is 11.9. The summed E-state index contributed by atoms with van der Waals surface area (Å²) in [5.74, 6) is 0. The van der Waals surface area contributed by atoms with E-state index in [4.69, 9.17) is 5.73 Å². The molecule has 2 rings (SSSR count).